The van der Waals surface area contributed by atoms with Gasteiger partial charge in [0.1, 0.15) is 5.82 Å². The molecular formula is C9H6ClFN2O. The van der Waals surface area contributed by atoms with Crippen molar-refractivity contribution < 1.29 is 8.91 Å². The molecule has 72 valence electrons. The molecule has 0 N–H and O–H groups in total. The zero-order valence-corrected chi connectivity index (χ0v) is 8.05. The number of aromatic nitrogens is 2. The van der Waals surface area contributed by atoms with Crippen molar-refractivity contribution in [2.75, 3.05) is 0 Å². The average molecular weight is 213 g/mol. The van der Waals surface area contributed by atoms with Gasteiger partial charge in [-0.3, -0.25) is 0 Å². The summed E-state index contributed by atoms with van der Waals surface area (Å²) in [6.45, 7) is 1.69. The Morgan fingerprint density at radius 3 is 2.71 bits per heavy atom. The monoisotopic (exact) mass is 212 g/mol. The third-order valence-corrected chi connectivity index (χ3v) is 1.86. The minimum absolute atomic E-state index is 0.268. The molecule has 3 nitrogen and oxygen atoms in total. The summed E-state index contributed by atoms with van der Waals surface area (Å²) in [6.07, 6.45) is 0. The molecule has 2 aromatic rings. The SMILES string of the molecule is Cc1noc(-c2cc(F)cc(Cl)c2)n1. The van der Waals surface area contributed by atoms with Crippen molar-refractivity contribution in [2.45, 2.75) is 6.92 Å². The molecule has 0 bridgehead atoms. The largest absolute Gasteiger partial charge is 0.334 e. The minimum atomic E-state index is -0.427. The third-order valence-electron chi connectivity index (χ3n) is 1.64. The van der Waals surface area contributed by atoms with Gasteiger partial charge in [0.2, 0.25) is 0 Å². The Morgan fingerprint density at radius 2 is 2.14 bits per heavy atom. The van der Waals surface area contributed by atoms with Crippen LogP contribution in [0.25, 0.3) is 11.5 Å². The van der Waals surface area contributed by atoms with E-state index in [0.29, 0.717) is 16.4 Å². The maximum Gasteiger partial charge on any atom is 0.258 e. The van der Waals surface area contributed by atoms with Gasteiger partial charge in [-0.25, -0.2) is 4.39 Å². The average Bonchev–Trinajstić information content (AvgIpc) is 2.50. The van der Waals surface area contributed by atoms with E-state index in [4.69, 9.17) is 16.1 Å². The van der Waals surface area contributed by atoms with E-state index in [1.165, 1.54) is 12.1 Å². The lowest BCUT2D eigenvalue weighted by Gasteiger charge is -1.95. The topological polar surface area (TPSA) is 38.9 Å². The highest BCUT2D eigenvalue weighted by atomic mass is 35.5. The Labute approximate surface area is 84.5 Å². The Bertz CT molecular complexity index is 449. The molecule has 0 saturated heterocycles. The van der Waals surface area contributed by atoms with E-state index in [1.54, 1.807) is 13.0 Å². The Balaban J connectivity index is 2.51. The van der Waals surface area contributed by atoms with E-state index in [1.807, 2.05) is 0 Å². The smallest absolute Gasteiger partial charge is 0.258 e. The van der Waals surface area contributed by atoms with Crippen LogP contribution in [0.3, 0.4) is 0 Å². The summed E-state index contributed by atoms with van der Waals surface area (Å²) >= 11 is 5.68. The highest BCUT2D eigenvalue weighted by Gasteiger charge is 2.08. The van der Waals surface area contributed by atoms with E-state index in [0.717, 1.165) is 0 Å². The van der Waals surface area contributed by atoms with Gasteiger partial charge in [0.05, 0.1) is 0 Å². The molecule has 1 heterocycles. The van der Waals surface area contributed by atoms with Gasteiger partial charge in [-0.05, 0) is 25.1 Å². The maximum atomic E-state index is 12.9. The standard InChI is InChI=1S/C9H6ClFN2O/c1-5-12-9(14-13-5)6-2-7(10)4-8(11)3-6/h2-4H,1H3. The summed E-state index contributed by atoms with van der Waals surface area (Å²) in [4.78, 5) is 3.96. The van der Waals surface area contributed by atoms with Crippen molar-refractivity contribution >= 4 is 11.6 Å². The second-order valence-corrected chi connectivity index (χ2v) is 3.24. The van der Waals surface area contributed by atoms with Crippen LogP contribution in [0.5, 0.6) is 0 Å². The zero-order chi connectivity index (χ0) is 10.1. The summed E-state index contributed by atoms with van der Waals surface area (Å²) in [5.74, 6) is 0.340. The fourth-order valence-corrected chi connectivity index (χ4v) is 1.31. The van der Waals surface area contributed by atoms with Crippen molar-refractivity contribution in [2.24, 2.45) is 0 Å². The van der Waals surface area contributed by atoms with Crippen molar-refractivity contribution in [3.05, 3.63) is 34.9 Å². The normalized spacial score (nSPS) is 10.5. The second kappa shape index (κ2) is 3.38. The van der Waals surface area contributed by atoms with Crippen LogP contribution >= 0.6 is 11.6 Å². The van der Waals surface area contributed by atoms with E-state index in [-0.39, 0.29) is 5.89 Å². The van der Waals surface area contributed by atoms with Gasteiger partial charge in [-0.2, -0.15) is 4.98 Å². The summed E-state index contributed by atoms with van der Waals surface area (Å²) in [6, 6.07) is 4.07. The quantitative estimate of drug-likeness (QED) is 0.730. The predicted octanol–water partition coefficient (Wildman–Crippen LogP) is 2.84. The number of nitrogens with zero attached hydrogens (tertiary/aromatic N) is 2. The predicted molar refractivity (Wildman–Crippen MR) is 49.4 cm³/mol. The Kier molecular flexibility index (Phi) is 2.21. The summed E-state index contributed by atoms with van der Waals surface area (Å²) in [7, 11) is 0. The highest BCUT2D eigenvalue weighted by molar-refractivity contribution is 6.30. The lowest BCUT2D eigenvalue weighted by molar-refractivity contribution is 0.425. The molecule has 0 fully saturated rings. The van der Waals surface area contributed by atoms with Gasteiger partial charge < -0.3 is 4.52 Å². The minimum Gasteiger partial charge on any atom is -0.334 e. The van der Waals surface area contributed by atoms with Crippen LogP contribution in [-0.2, 0) is 0 Å². The molecule has 0 atom stereocenters. The van der Waals surface area contributed by atoms with Crippen molar-refractivity contribution in [3.63, 3.8) is 0 Å². The lowest BCUT2D eigenvalue weighted by atomic mass is 10.2. The molecule has 1 aromatic carbocycles. The number of rotatable bonds is 1. The third kappa shape index (κ3) is 1.75. The fourth-order valence-electron chi connectivity index (χ4n) is 1.09. The summed E-state index contributed by atoms with van der Waals surface area (Å²) in [5.41, 5.74) is 0.482. The van der Waals surface area contributed by atoms with Gasteiger partial charge in [0, 0.05) is 10.6 Å². The first-order valence-electron chi connectivity index (χ1n) is 3.92. The van der Waals surface area contributed by atoms with Crippen molar-refractivity contribution in [1.29, 1.82) is 0 Å². The summed E-state index contributed by atoms with van der Waals surface area (Å²) < 4.78 is 17.8. The molecule has 0 amide bonds. The molecule has 0 unspecified atom stereocenters. The molecule has 2 rings (SSSR count). The van der Waals surface area contributed by atoms with E-state index in [9.17, 15) is 4.39 Å². The van der Waals surface area contributed by atoms with Crippen LogP contribution < -0.4 is 0 Å². The first kappa shape index (κ1) is 9.15. The van der Waals surface area contributed by atoms with E-state index < -0.39 is 5.82 Å². The van der Waals surface area contributed by atoms with Gasteiger partial charge >= 0.3 is 0 Å². The lowest BCUT2D eigenvalue weighted by Crippen LogP contribution is -1.81. The maximum absolute atomic E-state index is 12.9. The van der Waals surface area contributed by atoms with Crippen LogP contribution in [0.15, 0.2) is 22.7 Å². The van der Waals surface area contributed by atoms with Gasteiger partial charge in [0.15, 0.2) is 5.82 Å². The van der Waals surface area contributed by atoms with Gasteiger partial charge in [-0.1, -0.05) is 16.8 Å². The molecule has 0 aliphatic carbocycles. The van der Waals surface area contributed by atoms with Crippen LogP contribution in [0.4, 0.5) is 4.39 Å². The molecule has 14 heavy (non-hydrogen) atoms. The molecule has 0 saturated carbocycles. The Morgan fingerprint density at radius 1 is 1.36 bits per heavy atom. The van der Waals surface area contributed by atoms with E-state index >= 15 is 0 Å². The van der Waals surface area contributed by atoms with Crippen LogP contribution in [-0.4, -0.2) is 10.1 Å². The van der Waals surface area contributed by atoms with Crippen LogP contribution in [0.1, 0.15) is 5.82 Å². The van der Waals surface area contributed by atoms with Gasteiger partial charge in [-0.15, -0.1) is 0 Å². The first-order chi connectivity index (χ1) is 6.65. The van der Waals surface area contributed by atoms with Crippen molar-refractivity contribution in [1.82, 2.24) is 10.1 Å². The molecule has 1 aromatic heterocycles. The Hall–Kier alpha value is -1.42. The number of benzene rings is 1. The molecule has 5 heteroatoms. The second-order valence-electron chi connectivity index (χ2n) is 2.80. The molecule has 0 radical (unpaired) electrons. The fraction of sp³-hybridized carbons (Fsp3) is 0.111. The highest BCUT2D eigenvalue weighted by Crippen LogP contribution is 2.22. The van der Waals surface area contributed by atoms with Gasteiger partial charge in [0.25, 0.3) is 5.89 Å². The number of hydrogen-bond donors (Lipinski definition) is 0. The molecule has 0 aliphatic heterocycles. The van der Waals surface area contributed by atoms with Crippen LogP contribution in [0.2, 0.25) is 5.02 Å². The molecule has 0 aliphatic rings. The first-order valence-corrected chi connectivity index (χ1v) is 4.30. The number of aryl methyl sites for hydroxylation is 1. The zero-order valence-electron chi connectivity index (χ0n) is 7.29. The summed E-state index contributed by atoms with van der Waals surface area (Å²) in [5, 5.41) is 3.90. The number of halogens is 2. The number of hydrogen-bond acceptors (Lipinski definition) is 3. The van der Waals surface area contributed by atoms with Crippen molar-refractivity contribution in [3.8, 4) is 11.5 Å². The molecular weight excluding hydrogens is 207 g/mol. The van der Waals surface area contributed by atoms with Crippen LogP contribution in [0, 0.1) is 12.7 Å². The van der Waals surface area contributed by atoms with E-state index in [2.05, 4.69) is 10.1 Å². The molecule has 0 spiro atoms.